The van der Waals surface area contributed by atoms with Crippen LogP contribution in [0.4, 0.5) is 4.79 Å². The van der Waals surface area contributed by atoms with E-state index in [2.05, 4.69) is 5.32 Å². The topological polar surface area (TPSA) is 95.9 Å². The normalized spacial score (nSPS) is 13.6. The Hall–Kier alpha value is -2.57. The highest BCUT2D eigenvalue weighted by Gasteiger charge is 2.34. The Labute approximate surface area is 160 Å². The lowest BCUT2D eigenvalue weighted by Crippen LogP contribution is -2.55. The third kappa shape index (κ3) is 7.29. The number of carbonyl (C=O) groups excluding carboxylic acids is 2. The van der Waals surface area contributed by atoms with Crippen molar-refractivity contribution < 1.29 is 24.2 Å². The van der Waals surface area contributed by atoms with Gasteiger partial charge in [0.05, 0.1) is 0 Å². The summed E-state index contributed by atoms with van der Waals surface area (Å²) in [5.41, 5.74) is 0.104. The molecule has 1 rings (SSSR count). The first-order chi connectivity index (χ1) is 12.4. The lowest BCUT2D eigenvalue weighted by atomic mass is 10.0. The van der Waals surface area contributed by atoms with E-state index in [0.29, 0.717) is 0 Å². The maximum absolute atomic E-state index is 12.8. The van der Waals surface area contributed by atoms with E-state index >= 15 is 0 Å². The SMILES string of the molecule is CC(C)[C@@H](C(=O)N[C@@H](Cc1ccccc1)C(=O)O)N(C)C(=O)OC(C)(C)C. The molecule has 0 aliphatic carbocycles. The van der Waals surface area contributed by atoms with Crippen molar-refractivity contribution in [2.24, 2.45) is 5.92 Å². The van der Waals surface area contributed by atoms with Crippen LogP contribution in [0.1, 0.15) is 40.2 Å². The number of aliphatic carboxylic acids is 1. The summed E-state index contributed by atoms with van der Waals surface area (Å²) in [6.07, 6.45) is -0.477. The molecule has 0 spiro atoms. The van der Waals surface area contributed by atoms with Crippen LogP contribution < -0.4 is 5.32 Å². The monoisotopic (exact) mass is 378 g/mol. The van der Waals surface area contributed by atoms with Gasteiger partial charge in [0, 0.05) is 13.5 Å². The lowest BCUT2D eigenvalue weighted by Gasteiger charge is -2.32. The van der Waals surface area contributed by atoms with Crippen LogP contribution in [-0.2, 0) is 20.7 Å². The summed E-state index contributed by atoms with van der Waals surface area (Å²) in [6.45, 7) is 8.80. The highest BCUT2D eigenvalue weighted by atomic mass is 16.6. The number of carboxylic acids is 1. The van der Waals surface area contributed by atoms with Gasteiger partial charge in [-0.3, -0.25) is 9.69 Å². The van der Waals surface area contributed by atoms with E-state index in [9.17, 15) is 19.5 Å². The molecule has 0 radical (unpaired) electrons. The first-order valence-corrected chi connectivity index (χ1v) is 8.95. The molecule has 0 bridgehead atoms. The molecule has 0 aliphatic rings. The van der Waals surface area contributed by atoms with Gasteiger partial charge in [0.1, 0.15) is 17.7 Å². The van der Waals surface area contributed by atoms with E-state index in [1.807, 2.05) is 18.2 Å². The van der Waals surface area contributed by atoms with Gasteiger partial charge in [-0.2, -0.15) is 0 Å². The van der Waals surface area contributed by atoms with Gasteiger partial charge in [0.15, 0.2) is 0 Å². The van der Waals surface area contributed by atoms with Crippen molar-refractivity contribution in [3.8, 4) is 0 Å². The molecule has 1 aromatic rings. The number of likely N-dealkylation sites (N-methyl/N-ethyl adjacent to an activating group) is 1. The lowest BCUT2D eigenvalue weighted by molar-refractivity contribution is -0.142. The number of nitrogens with one attached hydrogen (secondary N) is 1. The largest absolute Gasteiger partial charge is 0.480 e. The fourth-order valence-corrected chi connectivity index (χ4v) is 2.68. The minimum Gasteiger partial charge on any atom is -0.480 e. The zero-order valence-electron chi connectivity index (χ0n) is 16.9. The third-order valence-corrected chi connectivity index (χ3v) is 3.90. The number of amides is 2. The molecule has 7 heteroatoms. The summed E-state index contributed by atoms with van der Waals surface area (Å²) < 4.78 is 5.32. The van der Waals surface area contributed by atoms with Gasteiger partial charge < -0.3 is 15.2 Å². The van der Waals surface area contributed by atoms with Gasteiger partial charge in [-0.15, -0.1) is 0 Å². The van der Waals surface area contributed by atoms with Crippen molar-refractivity contribution in [2.75, 3.05) is 7.05 Å². The molecule has 2 N–H and O–H groups in total. The van der Waals surface area contributed by atoms with Crippen molar-refractivity contribution in [3.63, 3.8) is 0 Å². The van der Waals surface area contributed by atoms with Crippen molar-refractivity contribution in [1.82, 2.24) is 10.2 Å². The van der Waals surface area contributed by atoms with Crippen LogP contribution in [0, 0.1) is 5.92 Å². The maximum atomic E-state index is 12.8. The Morgan fingerprint density at radius 3 is 2.15 bits per heavy atom. The molecule has 27 heavy (non-hydrogen) atoms. The molecular weight excluding hydrogens is 348 g/mol. The maximum Gasteiger partial charge on any atom is 0.410 e. The minimum atomic E-state index is -1.13. The molecule has 1 aromatic carbocycles. The molecule has 0 fully saturated rings. The summed E-state index contributed by atoms with van der Waals surface area (Å²) in [6, 6.07) is 7.12. The molecule has 0 saturated carbocycles. The van der Waals surface area contributed by atoms with Gasteiger partial charge in [0.25, 0.3) is 0 Å². The number of hydrogen-bond donors (Lipinski definition) is 2. The summed E-state index contributed by atoms with van der Waals surface area (Å²) in [5, 5.41) is 12.0. The van der Waals surface area contributed by atoms with Gasteiger partial charge in [0.2, 0.25) is 5.91 Å². The van der Waals surface area contributed by atoms with Crippen LogP contribution in [0.5, 0.6) is 0 Å². The van der Waals surface area contributed by atoms with E-state index in [0.717, 1.165) is 5.56 Å². The van der Waals surface area contributed by atoms with Gasteiger partial charge >= 0.3 is 12.1 Å². The highest BCUT2D eigenvalue weighted by Crippen LogP contribution is 2.16. The molecule has 0 heterocycles. The third-order valence-electron chi connectivity index (χ3n) is 3.90. The Kier molecular flexibility index (Phi) is 7.82. The number of nitrogens with zero attached hydrogens (tertiary/aromatic N) is 1. The second kappa shape index (κ2) is 9.39. The van der Waals surface area contributed by atoms with E-state index in [-0.39, 0.29) is 12.3 Å². The van der Waals surface area contributed by atoms with E-state index in [1.165, 1.54) is 11.9 Å². The summed E-state index contributed by atoms with van der Waals surface area (Å²) in [7, 11) is 1.48. The van der Waals surface area contributed by atoms with Crippen LogP contribution in [0.3, 0.4) is 0 Å². The molecule has 0 aliphatic heterocycles. The standard InChI is InChI=1S/C20H30N2O5/c1-13(2)16(22(6)19(26)27-20(3,4)5)17(23)21-15(18(24)25)12-14-10-8-7-9-11-14/h7-11,13,15-16H,12H2,1-6H3,(H,21,23)(H,24,25)/t15-,16-/m0/s1. The number of rotatable bonds is 7. The first kappa shape index (κ1) is 22.5. The smallest absolute Gasteiger partial charge is 0.410 e. The van der Waals surface area contributed by atoms with Crippen molar-refractivity contribution >= 4 is 18.0 Å². The zero-order chi connectivity index (χ0) is 20.8. The number of ether oxygens (including phenoxy) is 1. The molecule has 150 valence electrons. The minimum absolute atomic E-state index is 0.156. The van der Waals surface area contributed by atoms with Gasteiger partial charge in [-0.05, 0) is 32.3 Å². The van der Waals surface area contributed by atoms with Crippen molar-refractivity contribution in [3.05, 3.63) is 35.9 Å². The quantitative estimate of drug-likeness (QED) is 0.760. The molecule has 7 nitrogen and oxygen atoms in total. The molecule has 2 atom stereocenters. The van der Waals surface area contributed by atoms with Crippen molar-refractivity contribution in [1.29, 1.82) is 0 Å². The Morgan fingerprint density at radius 2 is 1.70 bits per heavy atom. The van der Waals surface area contributed by atoms with Crippen LogP contribution in [0.2, 0.25) is 0 Å². The first-order valence-electron chi connectivity index (χ1n) is 8.95. The van der Waals surface area contributed by atoms with E-state index in [1.54, 1.807) is 46.8 Å². The van der Waals surface area contributed by atoms with Crippen LogP contribution in [0.25, 0.3) is 0 Å². The van der Waals surface area contributed by atoms with Crippen LogP contribution in [-0.4, -0.2) is 52.7 Å². The number of carboxylic acid groups (broad SMARTS) is 1. The number of carbonyl (C=O) groups is 3. The summed E-state index contributed by atoms with van der Waals surface area (Å²) in [5.74, 6) is -1.88. The van der Waals surface area contributed by atoms with Crippen LogP contribution in [0.15, 0.2) is 30.3 Å². The summed E-state index contributed by atoms with van der Waals surface area (Å²) >= 11 is 0. The average Bonchev–Trinajstić information content (AvgIpc) is 2.53. The predicted molar refractivity (Wildman–Crippen MR) is 102 cm³/mol. The Balaban J connectivity index is 2.91. The van der Waals surface area contributed by atoms with E-state index < -0.39 is 35.7 Å². The van der Waals surface area contributed by atoms with Crippen LogP contribution >= 0.6 is 0 Å². The highest BCUT2D eigenvalue weighted by molar-refractivity contribution is 5.89. The fourth-order valence-electron chi connectivity index (χ4n) is 2.68. The molecule has 0 unspecified atom stereocenters. The Morgan fingerprint density at radius 1 is 1.15 bits per heavy atom. The molecule has 0 saturated heterocycles. The number of benzene rings is 1. The fraction of sp³-hybridized carbons (Fsp3) is 0.550. The Bertz CT molecular complexity index is 652. The van der Waals surface area contributed by atoms with Crippen molar-refractivity contribution in [2.45, 2.75) is 58.7 Å². The predicted octanol–water partition coefficient (Wildman–Crippen LogP) is 2.69. The molecule has 2 amide bonds. The zero-order valence-corrected chi connectivity index (χ0v) is 16.9. The average molecular weight is 378 g/mol. The van der Waals surface area contributed by atoms with Gasteiger partial charge in [-0.1, -0.05) is 44.2 Å². The van der Waals surface area contributed by atoms with E-state index in [4.69, 9.17) is 4.74 Å². The second-order valence-electron chi connectivity index (χ2n) is 7.87. The molecule has 0 aromatic heterocycles. The number of hydrogen-bond acceptors (Lipinski definition) is 4. The molecular formula is C20H30N2O5. The van der Waals surface area contributed by atoms with Gasteiger partial charge in [-0.25, -0.2) is 9.59 Å². The second-order valence-corrected chi connectivity index (χ2v) is 7.87. The summed E-state index contributed by atoms with van der Waals surface area (Å²) in [4.78, 5) is 37.9.